The van der Waals surface area contributed by atoms with E-state index in [1.165, 1.54) is 29.8 Å². The van der Waals surface area contributed by atoms with Gasteiger partial charge >= 0.3 is 6.01 Å². The van der Waals surface area contributed by atoms with E-state index in [4.69, 9.17) is 10.5 Å². The highest BCUT2D eigenvalue weighted by Gasteiger charge is 2.18. The van der Waals surface area contributed by atoms with Crippen molar-refractivity contribution in [2.24, 2.45) is 5.73 Å². The monoisotopic (exact) mass is 394 g/mol. The molecule has 10 nitrogen and oxygen atoms in total. The number of carbonyl (C=O) groups is 1. The molecule has 0 radical (unpaired) electrons. The second-order valence-corrected chi connectivity index (χ2v) is 5.96. The number of hydrogen-bond acceptors (Lipinski definition) is 8. The molecule has 0 unspecified atom stereocenters. The summed E-state index contributed by atoms with van der Waals surface area (Å²) in [5.74, 6) is -0.574. The molecule has 1 amide bonds. The average molecular weight is 394 g/mol. The third kappa shape index (κ3) is 3.65. The second-order valence-electron chi connectivity index (χ2n) is 5.96. The molecule has 0 saturated carbocycles. The lowest BCUT2D eigenvalue weighted by atomic mass is 10.2. The maximum absolute atomic E-state index is 13.4. The number of anilines is 1. The first-order valence-corrected chi connectivity index (χ1v) is 8.48. The molecule has 0 fully saturated rings. The van der Waals surface area contributed by atoms with Crippen LogP contribution in [0.1, 0.15) is 16.1 Å². The molecule has 146 valence electrons. The van der Waals surface area contributed by atoms with Gasteiger partial charge in [0.1, 0.15) is 11.5 Å². The van der Waals surface area contributed by atoms with Crippen LogP contribution in [-0.4, -0.2) is 42.8 Å². The Kier molecular flexibility index (Phi) is 4.69. The number of pyridine rings is 1. The van der Waals surface area contributed by atoms with Crippen molar-refractivity contribution in [3.8, 4) is 17.5 Å². The van der Waals surface area contributed by atoms with Crippen molar-refractivity contribution in [3.63, 3.8) is 0 Å². The fraction of sp³-hybridized carbons (Fsp3) is 0.111. The molecule has 3 N–H and O–H groups in total. The summed E-state index contributed by atoms with van der Waals surface area (Å²) >= 11 is 0. The molecule has 0 saturated heterocycles. The summed E-state index contributed by atoms with van der Waals surface area (Å²) in [4.78, 5) is 24.3. The predicted octanol–water partition coefficient (Wildman–Crippen LogP) is 1.44. The summed E-state index contributed by atoms with van der Waals surface area (Å²) < 4.78 is 19.8. The summed E-state index contributed by atoms with van der Waals surface area (Å²) in [7, 11) is 1.42. The van der Waals surface area contributed by atoms with E-state index in [2.05, 4.69) is 30.6 Å². The zero-order chi connectivity index (χ0) is 20.4. The summed E-state index contributed by atoms with van der Waals surface area (Å²) in [5, 5.41) is 11.0. The van der Waals surface area contributed by atoms with Crippen molar-refractivity contribution < 1.29 is 13.9 Å². The number of nitrogens with two attached hydrogens (primary N) is 1. The molecule has 4 rings (SSSR count). The van der Waals surface area contributed by atoms with Gasteiger partial charge in [-0.25, -0.2) is 8.91 Å². The molecular weight excluding hydrogens is 379 g/mol. The molecule has 0 bridgehead atoms. The fourth-order valence-corrected chi connectivity index (χ4v) is 2.72. The van der Waals surface area contributed by atoms with E-state index in [1.54, 1.807) is 24.3 Å². The number of rotatable bonds is 6. The average Bonchev–Trinajstić information content (AvgIpc) is 3.16. The number of aromatic nitrogens is 6. The molecule has 29 heavy (non-hydrogen) atoms. The molecule has 3 aromatic heterocycles. The summed E-state index contributed by atoms with van der Waals surface area (Å²) in [6.45, 7) is 0.290. The van der Waals surface area contributed by atoms with E-state index >= 15 is 0 Å². The number of benzene rings is 1. The largest absolute Gasteiger partial charge is 0.467 e. The number of amides is 1. The van der Waals surface area contributed by atoms with Crippen molar-refractivity contribution in [1.82, 2.24) is 29.8 Å². The van der Waals surface area contributed by atoms with Crippen molar-refractivity contribution >= 4 is 17.4 Å². The van der Waals surface area contributed by atoms with Gasteiger partial charge in [-0.1, -0.05) is 23.4 Å². The lowest BCUT2D eigenvalue weighted by Crippen LogP contribution is -2.15. The fourth-order valence-electron chi connectivity index (χ4n) is 2.72. The topological polar surface area (TPSA) is 133 Å². The normalized spacial score (nSPS) is 10.8. The van der Waals surface area contributed by atoms with Crippen molar-refractivity contribution in [2.45, 2.75) is 6.54 Å². The minimum absolute atomic E-state index is 0.0592. The quantitative estimate of drug-likeness (QED) is 0.502. The van der Waals surface area contributed by atoms with Crippen LogP contribution in [0.5, 0.6) is 6.01 Å². The second kappa shape index (κ2) is 7.46. The van der Waals surface area contributed by atoms with Crippen molar-refractivity contribution in [2.75, 3.05) is 12.4 Å². The maximum atomic E-state index is 13.4. The Bertz CT molecular complexity index is 1210. The third-order valence-corrected chi connectivity index (χ3v) is 4.04. The van der Waals surface area contributed by atoms with Gasteiger partial charge in [0.2, 0.25) is 5.95 Å². The van der Waals surface area contributed by atoms with Crippen LogP contribution >= 0.6 is 0 Å². The Morgan fingerprint density at radius 1 is 1.21 bits per heavy atom. The summed E-state index contributed by atoms with van der Waals surface area (Å²) in [5.41, 5.74) is 7.08. The number of ether oxygens (including phenoxy) is 1. The smallest absolute Gasteiger partial charge is 0.321 e. The molecule has 4 aromatic rings. The highest BCUT2D eigenvalue weighted by molar-refractivity contribution is 5.92. The molecule has 11 heteroatoms. The van der Waals surface area contributed by atoms with Crippen molar-refractivity contribution in [3.05, 3.63) is 59.5 Å². The molecule has 0 atom stereocenters. The Balaban J connectivity index is 1.71. The van der Waals surface area contributed by atoms with Gasteiger partial charge in [0, 0.05) is 6.54 Å². The van der Waals surface area contributed by atoms with Gasteiger partial charge in [0.25, 0.3) is 5.91 Å². The van der Waals surface area contributed by atoms with Crippen LogP contribution < -0.4 is 15.8 Å². The standard InChI is InChI=1S/C18H15FN8O2/c1-29-18-23-16(14-12-6-3-7-13(15(20)28)27(12)26-25-14)22-17(24-18)21-9-10-4-2-5-11(19)8-10/h2-8H,9H2,1H3,(H2,20,28)(H,21,22,23,24). The van der Waals surface area contributed by atoms with E-state index in [9.17, 15) is 9.18 Å². The zero-order valence-electron chi connectivity index (χ0n) is 15.2. The van der Waals surface area contributed by atoms with Crippen LogP contribution in [0.3, 0.4) is 0 Å². The Labute approximate surface area is 163 Å². The number of fused-ring (bicyclic) bond motifs is 1. The molecular formula is C18H15FN8O2. The first-order chi connectivity index (χ1) is 14.0. The first kappa shape index (κ1) is 18.2. The van der Waals surface area contributed by atoms with Crippen molar-refractivity contribution in [1.29, 1.82) is 0 Å². The van der Waals surface area contributed by atoms with Crippen LogP contribution in [0.4, 0.5) is 10.3 Å². The number of nitrogens with one attached hydrogen (secondary N) is 1. The van der Waals surface area contributed by atoms with Gasteiger partial charge in [-0.15, -0.1) is 5.10 Å². The van der Waals surface area contributed by atoms with Crippen LogP contribution in [0.25, 0.3) is 17.0 Å². The molecule has 0 aliphatic carbocycles. The van der Waals surface area contributed by atoms with E-state index in [-0.39, 0.29) is 29.3 Å². The molecule has 0 aliphatic heterocycles. The van der Waals surface area contributed by atoms with Crippen LogP contribution in [0, 0.1) is 5.82 Å². The lowest BCUT2D eigenvalue weighted by molar-refractivity contribution is 0.0993. The number of hydrogen-bond donors (Lipinski definition) is 2. The number of carbonyl (C=O) groups excluding carboxylic acids is 1. The number of halogens is 1. The van der Waals surface area contributed by atoms with Gasteiger partial charge in [-0.05, 0) is 29.8 Å². The van der Waals surface area contributed by atoms with Gasteiger partial charge in [-0.2, -0.15) is 15.0 Å². The summed E-state index contributed by atoms with van der Waals surface area (Å²) in [6, 6.07) is 11.1. The van der Waals surface area contributed by atoms with Gasteiger partial charge in [0.15, 0.2) is 11.5 Å². The minimum atomic E-state index is -0.641. The number of methoxy groups -OCH3 is 1. The Morgan fingerprint density at radius 3 is 2.79 bits per heavy atom. The molecule has 1 aromatic carbocycles. The molecule has 3 heterocycles. The SMILES string of the molecule is COc1nc(NCc2cccc(F)c2)nc(-c2nnn3c(C(N)=O)cccc23)n1. The maximum Gasteiger partial charge on any atom is 0.321 e. The highest BCUT2D eigenvalue weighted by Crippen LogP contribution is 2.22. The van der Waals surface area contributed by atoms with E-state index < -0.39 is 5.91 Å². The van der Waals surface area contributed by atoms with E-state index in [0.29, 0.717) is 23.3 Å². The van der Waals surface area contributed by atoms with Gasteiger partial charge < -0.3 is 15.8 Å². The third-order valence-electron chi connectivity index (χ3n) is 4.04. The Morgan fingerprint density at radius 2 is 2.03 bits per heavy atom. The van der Waals surface area contributed by atoms with Gasteiger partial charge in [-0.3, -0.25) is 4.79 Å². The molecule has 0 spiro atoms. The number of nitrogens with zero attached hydrogens (tertiary/aromatic N) is 6. The zero-order valence-corrected chi connectivity index (χ0v) is 15.2. The first-order valence-electron chi connectivity index (χ1n) is 8.48. The predicted molar refractivity (Wildman–Crippen MR) is 101 cm³/mol. The van der Waals surface area contributed by atoms with Gasteiger partial charge in [0.05, 0.1) is 12.6 Å². The minimum Gasteiger partial charge on any atom is -0.467 e. The van der Waals surface area contributed by atoms with E-state index in [0.717, 1.165) is 0 Å². The lowest BCUT2D eigenvalue weighted by Gasteiger charge is -2.08. The number of primary amides is 1. The summed E-state index contributed by atoms with van der Waals surface area (Å²) in [6.07, 6.45) is 0. The van der Waals surface area contributed by atoms with Crippen LogP contribution in [0.15, 0.2) is 42.5 Å². The van der Waals surface area contributed by atoms with Crippen LogP contribution in [-0.2, 0) is 6.54 Å². The van der Waals surface area contributed by atoms with Crippen LogP contribution in [0.2, 0.25) is 0 Å². The highest BCUT2D eigenvalue weighted by atomic mass is 19.1. The Hall–Kier alpha value is -4.15. The molecule has 0 aliphatic rings. The van der Waals surface area contributed by atoms with E-state index in [1.807, 2.05) is 0 Å².